The van der Waals surface area contributed by atoms with Gasteiger partial charge in [-0.2, -0.15) is 0 Å². The molecule has 0 saturated heterocycles. The van der Waals surface area contributed by atoms with Gasteiger partial charge in [0.1, 0.15) is 11.4 Å². The minimum absolute atomic E-state index is 0.143. The largest absolute Gasteiger partial charge is 0.469 e. The number of pyridine rings is 1. The molecule has 0 aliphatic rings. The maximum atomic E-state index is 13.1. The molecule has 4 aromatic rings. The van der Waals surface area contributed by atoms with E-state index in [9.17, 15) is 9.59 Å². The minimum atomic E-state index is -0.506. The van der Waals surface area contributed by atoms with Crippen molar-refractivity contribution >= 4 is 51.7 Å². The van der Waals surface area contributed by atoms with E-state index in [0.29, 0.717) is 22.3 Å². The molecular formula is C26H20Cl2N2O4. The third kappa shape index (κ3) is 4.98. The highest BCUT2D eigenvalue weighted by Crippen LogP contribution is 2.34. The van der Waals surface area contributed by atoms with E-state index in [-0.39, 0.29) is 27.5 Å². The van der Waals surface area contributed by atoms with Crippen molar-refractivity contribution in [2.45, 2.75) is 12.8 Å². The molecule has 0 saturated carbocycles. The zero-order chi connectivity index (χ0) is 24.2. The lowest BCUT2D eigenvalue weighted by atomic mass is 9.99. The molecule has 1 N–H and O–H groups in total. The number of carbonyl (C=O) groups is 2. The number of halogens is 2. The van der Waals surface area contributed by atoms with E-state index < -0.39 is 11.8 Å². The van der Waals surface area contributed by atoms with E-state index in [1.54, 1.807) is 49.4 Å². The van der Waals surface area contributed by atoms with E-state index in [1.165, 1.54) is 7.11 Å². The number of fused-ring (bicyclic) bond motifs is 1. The molecule has 1 aromatic heterocycles. The maximum absolute atomic E-state index is 13.1. The molecule has 8 heteroatoms. The summed E-state index contributed by atoms with van der Waals surface area (Å²) >= 11 is 12.4. The highest BCUT2D eigenvalue weighted by molar-refractivity contribution is 6.40. The summed E-state index contributed by atoms with van der Waals surface area (Å²) < 4.78 is 10.8. The highest BCUT2D eigenvalue weighted by Gasteiger charge is 2.20. The van der Waals surface area contributed by atoms with Gasteiger partial charge in [0.2, 0.25) is 5.88 Å². The van der Waals surface area contributed by atoms with Crippen LogP contribution in [-0.2, 0) is 9.53 Å². The van der Waals surface area contributed by atoms with Crippen molar-refractivity contribution in [3.63, 3.8) is 0 Å². The third-order valence-corrected chi connectivity index (χ3v) is 5.88. The number of anilines is 1. The van der Waals surface area contributed by atoms with Crippen LogP contribution in [0.3, 0.4) is 0 Å². The van der Waals surface area contributed by atoms with E-state index >= 15 is 0 Å². The number of nitrogens with one attached hydrogen (secondary N) is 1. The lowest BCUT2D eigenvalue weighted by Gasteiger charge is -2.15. The van der Waals surface area contributed by atoms with Gasteiger partial charge in [0.15, 0.2) is 0 Å². The Kier molecular flexibility index (Phi) is 7.01. The molecule has 0 fully saturated rings. The molecular weight excluding hydrogens is 475 g/mol. The van der Waals surface area contributed by atoms with Crippen molar-refractivity contribution < 1.29 is 19.1 Å². The van der Waals surface area contributed by atoms with Crippen LogP contribution in [-0.4, -0.2) is 24.0 Å². The van der Waals surface area contributed by atoms with Crippen molar-refractivity contribution in [2.75, 3.05) is 12.4 Å². The molecule has 4 rings (SSSR count). The highest BCUT2D eigenvalue weighted by atomic mass is 35.5. The summed E-state index contributed by atoms with van der Waals surface area (Å²) in [6.45, 7) is 1.76. The number of carbonyl (C=O) groups excluding carboxylic acids is 2. The quantitative estimate of drug-likeness (QED) is 0.296. The zero-order valence-electron chi connectivity index (χ0n) is 18.3. The van der Waals surface area contributed by atoms with Gasteiger partial charge in [-0.3, -0.25) is 9.59 Å². The van der Waals surface area contributed by atoms with E-state index in [4.69, 9.17) is 32.7 Å². The number of para-hydroxylation sites is 1. The topological polar surface area (TPSA) is 77.5 Å². The third-order valence-electron chi connectivity index (χ3n) is 5.25. The van der Waals surface area contributed by atoms with Crippen LogP contribution in [0.5, 0.6) is 11.6 Å². The Bertz CT molecular complexity index is 1360. The van der Waals surface area contributed by atoms with Gasteiger partial charge < -0.3 is 14.8 Å². The molecule has 0 bridgehead atoms. The Balaban J connectivity index is 1.79. The average Bonchev–Trinajstić information content (AvgIpc) is 2.83. The zero-order valence-corrected chi connectivity index (χ0v) is 19.9. The summed E-state index contributed by atoms with van der Waals surface area (Å²) in [6, 6.07) is 21.1. The fourth-order valence-corrected chi connectivity index (χ4v) is 4.00. The van der Waals surface area contributed by atoms with Crippen LogP contribution in [0.2, 0.25) is 10.0 Å². The number of hydrogen-bond acceptors (Lipinski definition) is 5. The number of nitrogens with zero attached hydrogens (tertiary/aromatic N) is 1. The lowest BCUT2D eigenvalue weighted by Crippen LogP contribution is -2.14. The number of amides is 1. The monoisotopic (exact) mass is 494 g/mol. The molecule has 6 nitrogen and oxygen atoms in total. The van der Waals surface area contributed by atoms with Crippen LogP contribution in [0.25, 0.3) is 10.9 Å². The summed E-state index contributed by atoms with van der Waals surface area (Å²) in [5.74, 6) is -0.567. The van der Waals surface area contributed by atoms with Gasteiger partial charge in [0.25, 0.3) is 5.91 Å². The van der Waals surface area contributed by atoms with Gasteiger partial charge in [-0.25, -0.2) is 4.98 Å². The lowest BCUT2D eigenvalue weighted by molar-refractivity contribution is -0.141. The van der Waals surface area contributed by atoms with E-state index in [2.05, 4.69) is 10.3 Å². The molecule has 3 aromatic carbocycles. The van der Waals surface area contributed by atoms with Crippen molar-refractivity contribution in [1.82, 2.24) is 4.98 Å². The van der Waals surface area contributed by atoms with Crippen LogP contribution in [0.4, 0.5) is 5.69 Å². The van der Waals surface area contributed by atoms with Gasteiger partial charge >= 0.3 is 5.97 Å². The number of hydrogen-bond donors (Lipinski definition) is 1. The predicted molar refractivity (Wildman–Crippen MR) is 133 cm³/mol. The van der Waals surface area contributed by atoms with Crippen molar-refractivity contribution in [1.29, 1.82) is 0 Å². The number of benzene rings is 3. The predicted octanol–water partition coefficient (Wildman–Crippen LogP) is 6.86. The second-order valence-electron chi connectivity index (χ2n) is 7.50. The molecule has 172 valence electrons. The Hall–Kier alpha value is -3.61. The van der Waals surface area contributed by atoms with Crippen molar-refractivity contribution in [3.05, 3.63) is 94.0 Å². The Labute approximate surface area is 206 Å². The van der Waals surface area contributed by atoms with Crippen LogP contribution in [0.1, 0.15) is 28.8 Å². The number of ether oxygens (including phenoxy) is 2. The Morgan fingerprint density at radius 2 is 1.65 bits per heavy atom. The average molecular weight is 495 g/mol. The molecule has 1 atom stereocenters. The molecule has 1 heterocycles. The molecule has 1 unspecified atom stereocenters. The number of methoxy groups -OCH3 is 1. The van der Waals surface area contributed by atoms with Gasteiger partial charge in [0, 0.05) is 5.39 Å². The summed E-state index contributed by atoms with van der Waals surface area (Å²) in [7, 11) is 1.35. The SMILES string of the molecule is COC(=O)C(C)c1ccc2nc(Oc3ccccc3)c(NC(=O)c3c(Cl)cccc3Cl)cc2c1. The molecule has 0 spiro atoms. The normalized spacial score (nSPS) is 11.6. The number of aromatic nitrogens is 1. The first-order valence-corrected chi connectivity index (χ1v) is 11.1. The van der Waals surface area contributed by atoms with Crippen LogP contribution < -0.4 is 10.1 Å². The smallest absolute Gasteiger partial charge is 0.312 e. The minimum Gasteiger partial charge on any atom is -0.469 e. The van der Waals surface area contributed by atoms with Crippen LogP contribution in [0, 0.1) is 0 Å². The van der Waals surface area contributed by atoms with Crippen molar-refractivity contribution in [2.24, 2.45) is 0 Å². The fraction of sp³-hybridized carbons (Fsp3) is 0.115. The van der Waals surface area contributed by atoms with Gasteiger partial charge in [-0.05, 0) is 55.0 Å². The van der Waals surface area contributed by atoms with E-state index in [1.807, 2.05) is 30.3 Å². The molecule has 0 radical (unpaired) electrons. The first-order chi connectivity index (χ1) is 16.4. The standard InChI is InChI=1S/C26H20Cl2N2O4/c1-15(26(32)33-2)16-11-12-21-17(13-16)14-22(25(30-21)34-18-7-4-3-5-8-18)29-24(31)23-19(27)9-6-10-20(23)28/h3-15H,1-2H3,(H,29,31). The molecule has 1 amide bonds. The summed E-state index contributed by atoms with van der Waals surface area (Å²) in [6.07, 6.45) is 0. The van der Waals surface area contributed by atoms with Crippen molar-refractivity contribution in [3.8, 4) is 11.6 Å². The summed E-state index contributed by atoms with van der Waals surface area (Å²) in [5.41, 5.74) is 1.84. The van der Waals surface area contributed by atoms with Gasteiger partial charge in [0.05, 0.1) is 34.2 Å². The second-order valence-corrected chi connectivity index (χ2v) is 8.32. The Morgan fingerprint density at radius 3 is 2.32 bits per heavy atom. The molecule has 0 aliphatic carbocycles. The number of esters is 1. The maximum Gasteiger partial charge on any atom is 0.312 e. The summed E-state index contributed by atoms with van der Waals surface area (Å²) in [5, 5.41) is 3.96. The fourth-order valence-electron chi connectivity index (χ4n) is 3.43. The van der Waals surface area contributed by atoms with Gasteiger partial charge in [-0.1, -0.05) is 53.5 Å². The number of rotatable bonds is 6. The first kappa shape index (κ1) is 23.5. The first-order valence-electron chi connectivity index (χ1n) is 10.4. The Morgan fingerprint density at radius 1 is 0.941 bits per heavy atom. The molecule has 34 heavy (non-hydrogen) atoms. The summed E-state index contributed by atoms with van der Waals surface area (Å²) in [4.78, 5) is 29.7. The van der Waals surface area contributed by atoms with Crippen LogP contribution >= 0.6 is 23.2 Å². The van der Waals surface area contributed by atoms with E-state index in [0.717, 1.165) is 5.56 Å². The van der Waals surface area contributed by atoms with Crippen LogP contribution in [0.15, 0.2) is 72.8 Å². The second kappa shape index (κ2) is 10.1. The van der Waals surface area contributed by atoms with Gasteiger partial charge in [-0.15, -0.1) is 0 Å². The molecule has 0 aliphatic heterocycles.